The number of nitrogens with zero attached hydrogens (tertiary/aromatic N) is 1. The van der Waals surface area contributed by atoms with Crippen molar-refractivity contribution < 1.29 is 19.2 Å². The topological polar surface area (TPSA) is 108 Å². The van der Waals surface area contributed by atoms with Crippen molar-refractivity contribution in [2.45, 2.75) is 51.1 Å². The van der Waals surface area contributed by atoms with Crippen LogP contribution in [0.3, 0.4) is 0 Å². The lowest BCUT2D eigenvalue weighted by molar-refractivity contribution is -0.139. The van der Waals surface area contributed by atoms with Crippen molar-refractivity contribution in [3.8, 4) is 0 Å². The lowest BCUT2D eigenvalue weighted by Gasteiger charge is -2.38. The second-order valence-electron chi connectivity index (χ2n) is 8.87. The van der Waals surface area contributed by atoms with E-state index in [9.17, 15) is 19.2 Å². The van der Waals surface area contributed by atoms with Crippen LogP contribution in [0, 0.1) is 11.8 Å². The molecule has 0 aromatic heterocycles. The summed E-state index contributed by atoms with van der Waals surface area (Å²) < 4.78 is 0. The fourth-order valence-corrected chi connectivity index (χ4v) is 5.04. The Morgan fingerprint density at radius 3 is 2.63 bits per heavy atom. The summed E-state index contributed by atoms with van der Waals surface area (Å²) in [7, 11) is 0. The Balaban J connectivity index is 1.36. The van der Waals surface area contributed by atoms with E-state index >= 15 is 0 Å². The quantitative estimate of drug-likeness (QED) is 0.639. The van der Waals surface area contributed by atoms with Gasteiger partial charge in [0.25, 0.3) is 5.91 Å². The molecule has 5 unspecified atom stereocenters. The molecule has 0 spiro atoms. The maximum Gasteiger partial charge on any atom is 0.322 e. The lowest BCUT2D eigenvalue weighted by atomic mass is 9.90. The molecule has 30 heavy (non-hydrogen) atoms. The first-order valence-corrected chi connectivity index (χ1v) is 10.6. The Morgan fingerprint density at radius 1 is 1.17 bits per heavy atom. The largest absolute Gasteiger partial charge is 0.351 e. The molecule has 0 bridgehead atoms. The first kappa shape index (κ1) is 20.4. The summed E-state index contributed by atoms with van der Waals surface area (Å²) in [6.45, 7) is 5.35. The Kier molecular flexibility index (Phi) is 5.49. The predicted octanol–water partition coefficient (Wildman–Crippen LogP) is 0.914. The molecular weight excluding hydrogens is 384 g/mol. The number of carbonyl (C=O) groups is 4. The van der Waals surface area contributed by atoms with Crippen molar-refractivity contribution in [1.29, 1.82) is 0 Å². The third-order valence-electron chi connectivity index (χ3n) is 6.49. The highest BCUT2D eigenvalue weighted by atomic mass is 16.2. The number of hydrogen-bond acceptors (Lipinski definition) is 4. The Bertz CT molecular complexity index is 886. The van der Waals surface area contributed by atoms with Gasteiger partial charge >= 0.3 is 6.03 Å². The van der Waals surface area contributed by atoms with E-state index in [0.29, 0.717) is 13.1 Å². The number of carbonyl (C=O) groups excluding carboxylic acids is 4. The minimum Gasteiger partial charge on any atom is -0.351 e. The number of imide groups is 1. The molecule has 4 rings (SSSR count). The molecule has 3 aliphatic rings. The van der Waals surface area contributed by atoms with Crippen LogP contribution in [0.15, 0.2) is 24.3 Å². The van der Waals surface area contributed by atoms with Crippen LogP contribution < -0.4 is 16.0 Å². The van der Waals surface area contributed by atoms with E-state index in [1.54, 1.807) is 0 Å². The monoisotopic (exact) mass is 412 g/mol. The number of hydrogen-bond donors (Lipinski definition) is 3. The Morgan fingerprint density at radius 2 is 1.93 bits per heavy atom. The van der Waals surface area contributed by atoms with E-state index in [0.717, 1.165) is 12.8 Å². The molecule has 2 fully saturated rings. The van der Waals surface area contributed by atoms with Crippen molar-refractivity contribution in [1.82, 2.24) is 20.9 Å². The van der Waals surface area contributed by atoms with Crippen LogP contribution in [0.2, 0.25) is 0 Å². The maximum atomic E-state index is 13.3. The van der Waals surface area contributed by atoms with Crippen LogP contribution in [0.5, 0.6) is 0 Å². The standard InChI is InChI=1S/C22H28N4O4/c1-12-7-15(23-19(27)9-18-20(28)25-22(30)24-18)11-26(10-12)21(29)17-8-14-5-3-4-6-16(14)13(17)2/h3-6,12-13,15,17-18H,7-11H2,1-2H3,(H,23,27)(H2,24,25,28,30). The number of urea groups is 1. The normalized spacial score (nSPS) is 30.5. The van der Waals surface area contributed by atoms with Crippen LogP contribution in [-0.2, 0) is 20.8 Å². The molecule has 5 atom stereocenters. The highest BCUT2D eigenvalue weighted by Crippen LogP contribution is 2.39. The van der Waals surface area contributed by atoms with Gasteiger partial charge in [-0.05, 0) is 35.8 Å². The van der Waals surface area contributed by atoms with E-state index in [1.807, 2.05) is 17.0 Å². The van der Waals surface area contributed by atoms with E-state index in [2.05, 4.69) is 41.9 Å². The van der Waals surface area contributed by atoms with Gasteiger partial charge in [-0.3, -0.25) is 19.7 Å². The van der Waals surface area contributed by atoms with Crippen molar-refractivity contribution in [2.75, 3.05) is 13.1 Å². The highest BCUT2D eigenvalue weighted by molar-refractivity contribution is 6.05. The minimum absolute atomic E-state index is 0.0681. The number of fused-ring (bicyclic) bond motifs is 1. The lowest BCUT2D eigenvalue weighted by Crippen LogP contribution is -2.54. The molecule has 1 aliphatic carbocycles. The van der Waals surface area contributed by atoms with Gasteiger partial charge in [-0.25, -0.2) is 4.79 Å². The molecule has 5 amide bonds. The second-order valence-corrected chi connectivity index (χ2v) is 8.87. The minimum atomic E-state index is -0.839. The number of rotatable bonds is 4. The molecule has 3 N–H and O–H groups in total. The van der Waals surface area contributed by atoms with E-state index < -0.39 is 18.0 Å². The predicted molar refractivity (Wildman–Crippen MR) is 109 cm³/mol. The van der Waals surface area contributed by atoms with Crippen molar-refractivity contribution in [3.63, 3.8) is 0 Å². The van der Waals surface area contributed by atoms with E-state index in [4.69, 9.17) is 0 Å². The summed E-state index contributed by atoms with van der Waals surface area (Å²) in [5.74, 6) is -0.261. The molecule has 2 heterocycles. The van der Waals surface area contributed by atoms with Gasteiger partial charge in [-0.15, -0.1) is 0 Å². The zero-order valence-electron chi connectivity index (χ0n) is 17.3. The molecule has 1 aromatic rings. The van der Waals surface area contributed by atoms with Crippen LogP contribution in [0.1, 0.15) is 43.7 Å². The second kappa shape index (κ2) is 8.08. The molecule has 2 aliphatic heterocycles. The number of nitrogens with one attached hydrogen (secondary N) is 3. The van der Waals surface area contributed by atoms with Gasteiger partial charge in [0.1, 0.15) is 6.04 Å². The zero-order chi connectivity index (χ0) is 21.4. The van der Waals surface area contributed by atoms with Gasteiger partial charge < -0.3 is 15.5 Å². The van der Waals surface area contributed by atoms with Crippen LogP contribution in [0.4, 0.5) is 4.79 Å². The van der Waals surface area contributed by atoms with Crippen LogP contribution in [-0.4, -0.2) is 53.8 Å². The van der Waals surface area contributed by atoms with Crippen molar-refractivity contribution in [2.24, 2.45) is 11.8 Å². The van der Waals surface area contributed by atoms with Gasteiger partial charge in [0.2, 0.25) is 11.8 Å². The first-order chi connectivity index (χ1) is 14.3. The fourth-order valence-electron chi connectivity index (χ4n) is 5.04. The summed E-state index contributed by atoms with van der Waals surface area (Å²) in [4.78, 5) is 50.5. The van der Waals surface area contributed by atoms with Gasteiger partial charge in [0.05, 0.1) is 6.42 Å². The molecule has 8 heteroatoms. The van der Waals surface area contributed by atoms with Crippen LogP contribution in [0.25, 0.3) is 0 Å². The maximum absolute atomic E-state index is 13.3. The average molecular weight is 412 g/mol. The molecule has 8 nitrogen and oxygen atoms in total. The van der Waals surface area contributed by atoms with E-state index in [-0.39, 0.29) is 42.0 Å². The van der Waals surface area contributed by atoms with E-state index in [1.165, 1.54) is 11.1 Å². The third kappa shape index (κ3) is 4.04. The number of benzene rings is 1. The average Bonchev–Trinajstić information content (AvgIpc) is 3.19. The van der Waals surface area contributed by atoms with Gasteiger partial charge in [-0.2, -0.15) is 0 Å². The molecular formula is C22H28N4O4. The van der Waals surface area contributed by atoms with Crippen LogP contribution >= 0.6 is 0 Å². The molecule has 2 saturated heterocycles. The summed E-state index contributed by atoms with van der Waals surface area (Å²) >= 11 is 0. The molecule has 160 valence electrons. The number of amides is 5. The smallest absolute Gasteiger partial charge is 0.322 e. The molecule has 0 saturated carbocycles. The van der Waals surface area contributed by atoms with Gasteiger partial charge in [0.15, 0.2) is 0 Å². The van der Waals surface area contributed by atoms with Crippen molar-refractivity contribution >= 4 is 23.8 Å². The zero-order valence-corrected chi connectivity index (χ0v) is 17.3. The summed E-state index contributed by atoms with van der Waals surface area (Å²) in [5, 5.41) is 7.51. The number of likely N-dealkylation sites (tertiary alicyclic amines) is 1. The Hall–Kier alpha value is -2.90. The summed E-state index contributed by atoms with van der Waals surface area (Å²) in [6, 6.07) is 6.65. The summed E-state index contributed by atoms with van der Waals surface area (Å²) in [6.07, 6.45) is 1.43. The number of piperidine rings is 1. The molecule has 1 aromatic carbocycles. The Labute approximate surface area is 175 Å². The van der Waals surface area contributed by atoms with Gasteiger partial charge in [0, 0.05) is 25.0 Å². The molecule has 0 radical (unpaired) electrons. The summed E-state index contributed by atoms with van der Waals surface area (Å²) in [5.41, 5.74) is 2.50. The van der Waals surface area contributed by atoms with Crippen molar-refractivity contribution in [3.05, 3.63) is 35.4 Å². The first-order valence-electron chi connectivity index (χ1n) is 10.6. The highest BCUT2D eigenvalue weighted by Gasteiger charge is 2.39. The SMILES string of the molecule is CC1CC(NC(=O)CC2NC(=O)NC2=O)CN(C(=O)C2Cc3ccccc3C2C)C1. The van der Waals surface area contributed by atoms with Gasteiger partial charge in [-0.1, -0.05) is 38.1 Å². The fraction of sp³-hybridized carbons (Fsp3) is 0.545. The third-order valence-corrected chi connectivity index (χ3v) is 6.49.